The molecule has 2 heterocycles. The highest BCUT2D eigenvalue weighted by atomic mass is 16.7. The molecule has 0 aromatic rings. The molecule has 2 aliphatic heterocycles. The van der Waals surface area contributed by atoms with Gasteiger partial charge in [0.15, 0.2) is 6.29 Å². The minimum atomic E-state index is -1.51. The van der Waals surface area contributed by atoms with Gasteiger partial charge in [0.2, 0.25) is 0 Å². The summed E-state index contributed by atoms with van der Waals surface area (Å²) in [5.74, 6) is 0.265. The summed E-state index contributed by atoms with van der Waals surface area (Å²) in [6.07, 6.45) is 0.313. The molecule has 0 radical (unpaired) electrons. The zero-order valence-electron chi connectivity index (χ0n) is 29.4. The zero-order valence-corrected chi connectivity index (χ0v) is 29.4. The SMILES string of the molecule is C.C.C.C.C.C.C.C.C.C.C.C.C.C.C.C.C.C.C.C.C.C.C.C.C.C.C.C.C.C.C.C.C.C.C.C.CC(C)(C)C1CC[C@](C)(C2[C@@H](O)C[C@@]3(C)C4C[C@H](OC5OC(CO)C(O)C(O)C5O)C5C(C)(C)[C@@H](O)CCC56CC46CC[C@]23C)O1. The first kappa shape index (κ1) is 199. The van der Waals surface area contributed by atoms with Crippen molar-refractivity contribution in [1.29, 1.82) is 0 Å². The van der Waals surface area contributed by atoms with Crippen LogP contribution in [0.3, 0.4) is 0 Å². The van der Waals surface area contributed by atoms with Crippen molar-refractivity contribution in [3.05, 3.63) is 0 Å². The third-order valence-corrected chi connectivity index (χ3v) is 16.1. The van der Waals surface area contributed by atoms with Crippen molar-refractivity contribution < 1.29 is 44.8 Å². The number of rotatable bonds is 4. The van der Waals surface area contributed by atoms with Gasteiger partial charge >= 0.3 is 0 Å². The molecule has 9 nitrogen and oxygen atoms in total. The predicted octanol–water partition coefficient (Wildman–Crippen LogP) is 26.4. The smallest absolute Gasteiger partial charge is 0.186 e. The second kappa shape index (κ2) is 62.3. The molecular formula is C73H206O9. The lowest BCUT2D eigenvalue weighted by Crippen LogP contribution is -2.64. The van der Waals surface area contributed by atoms with Gasteiger partial charge in [0.05, 0.1) is 36.6 Å². The van der Waals surface area contributed by atoms with Crippen LogP contribution in [0.25, 0.3) is 0 Å². The molecule has 9 heteroatoms. The van der Waals surface area contributed by atoms with Gasteiger partial charge in [0.25, 0.3) is 0 Å². The number of aliphatic hydroxyl groups is 6. The Morgan fingerprint density at radius 2 is 0.841 bits per heavy atom. The molecule has 7 fully saturated rings. The zero-order chi connectivity index (χ0) is 33.6. The largest absolute Gasteiger partial charge is 0.394 e. The first-order chi connectivity index (χ1) is 21.2. The van der Waals surface area contributed by atoms with E-state index in [2.05, 4.69) is 55.4 Å². The van der Waals surface area contributed by atoms with E-state index in [0.717, 1.165) is 44.9 Å². The standard InChI is InChI=1S/C37H62O9.36CH4/c1-31(2,3)24-10-11-35(8,46-24)28-19(39)16-34(7)22-15-20(44-30-27(43)26(42)25(41)21(17-38)45-30)29-32(4,5)23(40)9-12-37(29)18-36(22,37)14-13-33(28,34)6;;;;;;;;;;;;;;;;;;;;;;;;;;;;;;;;;;;;/h19-30,38-43H,9-18H2,1-8H3;36*1H4/t19-,20-,21?,22?,23-,24?,25?,26?,27?,28?,29?,30?,33+,34-,35+,36?,37?;;;;;;;;;;;;;;;;;;;;;;;;;;;;;;;;;;;;/m0..................................../s1. The van der Waals surface area contributed by atoms with Gasteiger partial charge in [0.1, 0.15) is 24.4 Å². The number of hydrogen-bond donors (Lipinski definition) is 6. The molecule has 11 unspecified atom stereocenters. The van der Waals surface area contributed by atoms with Crippen LogP contribution in [-0.4, -0.2) is 98.0 Å². The number of ether oxygens (including phenoxy) is 3. The van der Waals surface area contributed by atoms with E-state index in [0.29, 0.717) is 12.8 Å². The van der Waals surface area contributed by atoms with Crippen LogP contribution in [-0.2, 0) is 14.2 Å². The maximum Gasteiger partial charge on any atom is 0.186 e. The lowest BCUT2D eigenvalue weighted by Gasteiger charge is -2.65. The van der Waals surface area contributed by atoms with Crippen LogP contribution >= 0.6 is 0 Å². The highest BCUT2D eigenvalue weighted by Gasteiger charge is 2.85. The van der Waals surface area contributed by atoms with Crippen LogP contribution in [0.4, 0.5) is 0 Å². The van der Waals surface area contributed by atoms with Gasteiger partial charge in [-0.1, -0.05) is 316 Å². The van der Waals surface area contributed by atoms with Gasteiger partial charge < -0.3 is 44.8 Å². The van der Waals surface area contributed by atoms with Crippen LogP contribution in [0.2, 0.25) is 0 Å². The molecule has 2 spiro atoms. The van der Waals surface area contributed by atoms with E-state index in [-0.39, 0.29) is 324 Å². The van der Waals surface area contributed by atoms with Crippen LogP contribution in [0, 0.1) is 50.2 Å². The Balaban J connectivity index is -0.0000000268. The van der Waals surface area contributed by atoms with Crippen LogP contribution in [0.5, 0.6) is 0 Å². The highest BCUT2D eigenvalue weighted by Crippen LogP contribution is 2.89. The minimum Gasteiger partial charge on any atom is -0.394 e. The van der Waals surface area contributed by atoms with Crippen molar-refractivity contribution in [3.8, 4) is 0 Å². The molecule has 17 atom stereocenters. The van der Waals surface area contributed by atoms with Crippen molar-refractivity contribution in [1.82, 2.24) is 0 Å². The summed E-state index contributed by atoms with van der Waals surface area (Å²) in [4.78, 5) is 0. The van der Waals surface area contributed by atoms with E-state index in [1.807, 2.05) is 0 Å². The van der Waals surface area contributed by atoms with E-state index >= 15 is 0 Å². The Hall–Kier alpha value is -0.360. The van der Waals surface area contributed by atoms with Gasteiger partial charge in [-0.15, -0.1) is 0 Å². The first-order valence-corrected chi connectivity index (χ1v) is 18.2. The molecule has 552 valence electrons. The fraction of sp³-hybridized carbons (Fsp3) is 1.00. The fourth-order valence-corrected chi connectivity index (χ4v) is 13.7. The number of aliphatic hydroxyl groups excluding tert-OH is 6. The summed E-state index contributed by atoms with van der Waals surface area (Å²) < 4.78 is 19.7. The van der Waals surface area contributed by atoms with Gasteiger partial charge in [0, 0.05) is 5.92 Å². The molecule has 7 aliphatic rings. The van der Waals surface area contributed by atoms with E-state index in [1.165, 1.54) is 0 Å². The Morgan fingerprint density at radius 3 is 1.20 bits per heavy atom. The number of hydrogen-bond acceptors (Lipinski definition) is 9. The second-order valence-electron chi connectivity index (χ2n) is 19.4. The summed E-state index contributed by atoms with van der Waals surface area (Å²) in [6, 6.07) is 0. The second-order valence-corrected chi connectivity index (χ2v) is 19.4. The van der Waals surface area contributed by atoms with Crippen molar-refractivity contribution in [3.63, 3.8) is 0 Å². The third kappa shape index (κ3) is 26.4. The fourth-order valence-electron chi connectivity index (χ4n) is 13.7. The third-order valence-electron chi connectivity index (χ3n) is 16.1. The highest BCUT2D eigenvalue weighted by molar-refractivity contribution is 5.33. The molecule has 0 aromatic carbocycles. The molecule has 0 bridgehead atoms. The molecule has 5 aliphatic carbocycles. The Labute approximate surface area is 540 Å². The van der Waals surface area contributed by atoms with Crippen molar-refractivity contribution in [2.24, 2.45) is 50.2 Å². The Bertz CT molecular complexity index is 1210. The lowest BCUT2D eigenvalue weighted by atomic mass is 9.41. The first-order valence-electron chi connectivity index (χ1n) is 18.2. The summed E-state index contributed by atoms with van der Waals surface area (Å²) in [7, 11) is 0. The maximum absolute atomic E-state index is 12.1. The topological polar surface area (TPSA) is 149 Å². The summed E-state index contributed by atoms with van der Waals surface area (Å²) >= 11 is 0. The normalized spacial score (nSPS) is 33.3. The molecule has 0 amide bonds. The Kier molecular flexibility index (Phi) is 151. The van der Waals surface area contributed by atoms with E-state index in [1.54, 1.807) is 0 Å². The van der Waals surface area contributed by atoms with Gasteiger partial charge in [-0.2, -0.15) is 0 Å². The molecule has 5 saturated carbocycles. The number of fused-ring (bicyclic) bond motifs is 2. The monoisotopic (exact) mass is 1230 g/mol. The summed E-state index contributed by atoms with van der Waals surface area (Å²) in [5, 5.41) is 65.5. The van der Waals surface area contributed by atoms with E-state index < -0.39 is 60.5 Å². The van der Waals surface area contributed by atoms with Gasteiger partial charge in [-0.25, -0.2) is 0 Å². The average Bonchev–Trinajstić information content (AvgIpc) is 3.33. The van der Waals surface area contributed by atoms with Crippen LogP contribution in [0.15, 0.2) is 0 Å². The summed E-state index contributed by atoms with van der Waals surface area (Å²) in [5.41, 5.74) is -1.10. The van der Waals surface area contributed by atoms with E-state index in [4.69, 9.17) is 14.2 Å². The van der Waals surface area contributed by atoms with Crippen molar-refractivity contribution in [2.45, 2.75) is 441 Å². The van der Waals surface area contributed by atoms with E-state index in [9.17, 15) is 30.6 Å². The molecule has 7 rings (SSSR count). The molecule has 82 heavy (non-hydrogen) atoms. The van der Waals surface area contributed by atoms with Crippen molar-refractivity contribution >= 4 is 0 Å². The molecular weight excluding hydrogens is 1020 g/mol. The maximum atomic E-state index is 12.1. The molecule has 6 N–H and O–H groups in total. The quantitative estimate of drug-likeness (QED) is 0.151. The summed E-state index contributed by atoms with van der Waals surface area (Å²) in [6.45, 7) is 17.6. The van der Waals surface area contributed by atoms with Gasteiger partial charge in [-0.05, 0) is 109 Å². The average molecular weight is 1230 g/mol. The molecule has 0 aromatic heterocycles. The lowest BCUT2D eigenvalue weighted by molar-refractivity contribution is -0.331. The molecule has 2 saturated heterocycles. The predicted molar refractivity (Wildman–Crippen MR) is 413 cm³/mol. The van der Waals surface area contributed by atoms with Crippen LogP contribution < -0.4 is 0 Å². The Morgan fingerprint density at radius 1 is 0.451 bits per heavy atom. The minimum absolute atomic E-state index is 0. The van der Waals surface area contributed by atoms with Crippen molar-refractivity contribution in [2.75, 3.05) is 6.61 Å². The van der Waals surface area contributed by atoms with Gasteiger partial charge in [-0.3, -0.25) is 0 Å². The van der Waals surface area contributed by atoms with Crippen LogP contribution in [0.1, 0.15) is 381 Å².